The Hall–Kier alpha value is -2.18. The zero-order valence-corrected chi connectivity index (χ0v) is 8.83. The molecule has 0 radical (unpaired) electrons. The lowest BCUT2D eigenvalue weighted by Crippen LogP contribution is -2.26. The van der Waals surface area contributed by atoms with Crippen molar-refractivity contribution in [1.82, 2.24) is 4.98 Å². The number of rotatable bonds is 4. The number of pyridine rings is 1. The van der Waals surface area contributed by atoms with E-state index in [1.165, 1.54) is 0 Å². The largest absolute Gasteiger partial charge is 0.477 e. The van der Waals surface area contributed by atoms with E-state index in [1.807, 2.05) is 0 Å². The van der Waals surface area contributed by atoms with Gasteiger partial charge in [0.1, 0.15) is 17.9 Å². The van der Waals surface area contributed by atoms with Crippen LogP contribution in [0.1, 0.15) is 29.6 Å². The van der Waals surface area contributed by atoms with Gasteiger partial charge in [0.25, 0.3) is 5.69 Å². The quantitative estimate of drug-likeness (QED) is 0.631. The van der Waals surface area contributed by atoms with Crippen molar-refractivity contribution in [2.45, 2.75) is 25.4 Å². The lowest BCUT2D eigenvalue weighted by Gasteiger charge is -2.26. The van der Waals surface area contributed by atoms with Crippen LogP contribution in [0.15, 0.2) is 12.3 Å². The number of hydrogen-bond donors (Lipinski definition) is 1. The van der Waals surface area contributed by atoms with Crippen LogP contribution in [-0.4, -0.2) is 27.1 Å². The third-order valence-electron chi connectivity index (χ3n) is 2.61. The van der Waals surface area contributed by atoms with Gasteiger partial charge in [-0.3, -0.25) is 10.1 Å². The van der Waals surface area contributed by atoms with Crippen LogP contribution < -0.4 is 4.74 Å². The molecule has 1 fully saturated rings. The second-order valence-corrected chi connectivity index (χ2v) is 3.78. The van der Waals surface area contributed by atoms with Gasteiger partial charge < -0.3 is 9.84 Å². The molecule has 7 heteroatoms. The Morgan fingerprint density at radius 1 is 1.59 bits per heavy atom. The number of aromatic nitrogens is 1. The fraction of sp³-hybridized carbons (Fsp3) is 0.400. The minimum Gasteiger partial charge on any atom is -0.477 e. The standard InChI is InChI=1S/C10H10N2O5/c13-10(14)8-4-6(12(15)16)5-11-9(8)17-7-2-1-3-7/h4-5,7H,1-3H2,(H,13,14). The Bertz CT molecular complexity index is 470. The van der Waals surface area contributed by atoms with Crippen molar-refractivity contribution in [2.24, 2.45) is 0 Å². The molecule has 1 aliphatic rings. The Labute approximate surface area is 96.2 Å². The monoisotopic (exact) mass is 238 g/mol. The van der Waals surface area contributed by atoms with E-state index in [2.05, 4.69) is 4.98 Å². The van der Waals surface area contributed by atoms with Crippen LogP contribution in [0.25, 0.3) is 0 Å². The van der Waals surface area contributed by atoms with Gasteiger partial charge in [-0.1, -0.05) is 0 Å². The number of carboxylic acids is 1. The second-order valence-electron chi connectivity index (χ2n) is 3.78. The maximum absolute atomic E-state index is 10.9. The molecule has 17 heavy (non-hydrogen) atoms. The number of nitrogens with zero attached hydrogens (tertiary/aromatic N) is 2. The van der Waals surface area contributed by atoms with E-state index < -0.39 is 10.9 Å². The van der Waals surface area contributed by atoms with Crippen molar-refractivity contribution < 1.29 is 19.6 Å². The van der Waals surface area contributed by atoms with Gasteiger partial charge in [-0.15, -0.1) is 0 Å². The van der Waals surface area contributed by atoms with Crippen molar-refractivity contribution in [3.63, 3.8) is 0 Å². The highest BCUT2D eigenvalue weighted by Gasteiger charge is 2.24. The molecule has 0 bridgehead atoms. The average Bonchev–Trinajstić information content (AvgIpc) is 2.23. The molecule has 0 saturated heterocycles. The summed E-state index contributed by atoms with van der Waals surface area (Å²) in [5, 5.41) is 19.4. The van der Waals surface area contributed by atoms with Crippen LogP contribution in [0, 0.1) is 10.1 Å². The van der Waals surface area contributed by atoms with Crippen molar-refractivity contribution in [1.29, 1.82) is 0 Å². The fourth-order valence-electron chi connectivity index (χ4n) is 1.43. The molecule has 90 valence electrons. The van der Waals surface area contributed by atoms with E-state index in [1.54, 1.807) is 0 Å². The third-order valence-corrected chi connectivity index (χ3v) is 2.61. The van der Waals surface area contributed by atoms with Crippen molar-refractivity contribution in [3.05, 3.63) is 27.9 Å². The molecule has 1 aromatic rings. The van der Waals surface area contributed by atoms with Gasteiger partial charge in [0, 0.05) is 6.07 Å². The summed E-state index contributed by atoms with van der Waals surface area (Å²) in [7, 11) is 0. The summed E-state index contributed by atoms with van der Waals surface area (Å²) in [6, 6.07) is 0.962. The summed E-state index contributed by atoms with van der Waals surface area (Å²) >= 11 is 0. The lowest BCUT2D eigenvalue weighted by atomic mass is 9.96. The molecule has 1 N–H and O–H groups in total. The highest BCUT2D eigenvalue weighted by molar-refractivity contribution is 5.90. The smallest absolute Gasteiger partial charge is 0.341 e. The summed E-state index contributed by atoms with van der Waals surface area (Å²) in [4.78, 5) is 24.5. The Morgan fingerprint density at radius 2 is 2.29 bits per heavy atom. The summed E-state index contributed by atoms with van der Waals surface area (Å²) < 4.78 is 5.36. The Kier molecular flexibility index (Phi) is 2.90. The highest BCUT2D eigenvalue weighted by atomic mass is 16.6. The average molecular weight is 238 g/mol. The number of hydrogen-bond acceptors (Lipinski definition) is 5. The molecule has 1 aromatic heterocycles. The maximum atomic E-state index is 10.9. The SMILES string of the molecule is O=C(O)c1cc([N+](=O)[O-])cnc1OC1CCC1. The van der Waals surface area contributed by atoms with Crippen LogP contribution in [0.5, 0.6) is 5.88 Å². The molecule has 0 aromatic carbocycles. The molecule has 7 nitrogen and oxygen atoms in total. The van der Waals surface area contributed by atoms with Gasteiger partial charge in [0.15, 0.2) is 0 Å². The molecule has 2 rings (SSSR count). The second kappa shape index (κ2) is 4.36. The molecule has 0 amide bonds. The summed E-state index contributed by atoms with van der Waals surface area (Å²) in [5.74, 6) is -1.33. The van der Waals surface area contributed by atoms with Gasteiger partial charge in [0.2, 0.25) is 5.88 Å². The summed E-state index contributed by atoms with van der Waals surface area (Å²) in [5.41, 5.74) is -0.630. The van der Waals surface area contributed by atoms with Crippen molar-refractivity contribution in [3.8, 4) is 5.88 Å². The molecule has 1 saturated carbocycles. The number of aromatic carboxylic acids is 1. The zero-order valence-electron chi connectivity index (χ0n) is 8.83. The third kappa shape index (κ3) is 2.32. The summed E-state index contributed by atoms with van der Waals surface area (Å²) in [6.45, 7) is 0. The Morgan fingerprint density at radius 3 is 2.76 bits per heavy atom. The highest BCUT2D eigenvalue weighted by Crippen LogP contribution is 2.27. The van der Waals surface area contributed by atoms with Gasteiger partial charge >= 0.3 is 5.97 Å². The van der Waals surface area contributed by atoms with E-state index in [-0.39, 0.29) is 23.2 Å². The number of carbonyl (C=O) groups is 1. The van der Waals surface area contributed by atoms with E-state index >= 15 is 0 Å². The first-order valence-electron chi connectivity index (χ1n) is 5.12. The van der Waals surface area contributed by atoms with Crippen molar-refractivity contribution in [2.75, 3.05) is 0 Å². The maximum Gasteiger partial charge on any atom is 0.341 e. The number of ether oxygens (including phenoxy) is 1. The molecule has 0 aliphatic heterocycles. The van der Waals surface area contributed by atoms with Crippen LogP contribution in [0.4, 0.5) is 5.69 Å². The lowest BCUT2D eigenvalue weighted by molar-refractivity contribution is -0.385. The van der Waals surface area contributed by atoms with Crippen LogP contribution in [0.3, 0.4) is 0 Å². The van der Waals surface area contributed by atoms with Gasteiger partial charge in [-0.2, -0.15) is 0 Å². The molecular weight excluding hydrogens is 228 g/mol. The van der Waals surface area contributed by atoms with Crippen molar-refractivity contribution >= 4 is 11.7 Å². The first-order chi connectivity index (χ1) is 8.08. The van der Waals surface area contributed by atoms with Gasteiger partial charge in [-0.05, 0) is 19.3 Å². The number of nitro groups is 1. The first-order valence-corrected chi connectivity index (χ1v) is 5.12. The van der Waals surface area contributed by atoms with Gasteiger partial charge in [-0.25, -0.2) is 9.78 Å². The molecule has 0 atom stereocenters. The van der Waals surface area contributed by atoms with Crippen LogP contribution in [0.2, 0.25) is 0 Å². The van der Waals surface area contributed by atoms with E-state index in [0.29, 0.717) is 0 Å². The predicted octanol–water partition coefficient (Wildman–Crippen LogP) is 1.62. The number of carboxylic acid groups (broad SMARTS) is 1. The molecular formula is C10H10N2O5. The van der Waals surface area contributed by atoms with Crippen LogP contribution in [-0.2, 0) is 0 Å². The Balaban J connectivity index is 2.30. The minimum absolute atomic E-state index is 0.0259. The molecule has 0 unspecified atom stereocenters. The molecule has 1 aliphatic carbocycles. The first kappa shape index (κ1) is 11.3. The predicted molar refractivity (Wildman–Crippen MR) is 56.1 cm³/mol. The topological polar surface area (TPSA) is 103 Å². The van der Waals surface area contributed by atoms with E-state index in [0.717, 1.165) is 31.5 Å². The zero-order chi connectivity index (χ0) is 12.4. The minimum atomic E-state index is -1.28. The van der Waals surface area contributed by atoms with Gasteiger partial charge in [0.05, 0.1) is 4.92 Å². The molecule has 1 heterocycles. The normalized spacial score (nSPS) is 15.1. The summed E-state index contributed by atoms with van der Waals surface area (Å²) in [6.07, 6.45) is 3.73. The van der Waals surface area contributed by atoms with E-state index in [4.69, 9.17) is 9.84 Å². The molecule has 0 spiro atoms. The fourth-order valence-corrected chi connectivity index (χ4v) is 1.43. The van der Waals surface area contributed by atoms with E-state index in [9.17, 15) is 14.9 Å². The van der Waals surface area contributed by atoms with Crippen LogP contribution >= 0.6 is 0 Å².